The number of thiazole rings is 1. The molecule has 2 N–H and O–H groups in total. The first-order valence-corrected chi connectivity index (χ1v) is 8.20. The number of hydrogen-bond donors (Lipinski definition) is 2. The van der Waals surface area contributed by atoms with E-state index in [1.807, 2.05) is 5.38 Å². The molecule has 0 aromatic carbocycles. The molecule has 20 heavy (non-hydrogen) atoms. The normalized spacial score (nSPS) is 17.3. The molecule has 1 aromatic rings. The fraction of sp³-hybridized carbons (Fsp3) is 0.714. The SMILES string of the molecule is CCNCC1CCN(Cc2csc(NC(C)=O)n2)CC1. The maximum atomic E-state index is 11.0. The molecule has 1 aliphatic heterocycles. The van der Waals surface area contributed by atoms with Crippen molar-refractivity contribution in [1.29, 1.82) is 0 Å². The minimum Gasteiger partial charge on any atom is -0.317 e. The van der Waals surface area contributed by atoms with Crippen LogP contribution in [0, 0.1) is 5.92 Å². The van der Waals surface area contributed by atoms with Crippen LogP contribution in [0.25, 0.3) is 0 Å². The fourth-order valence-electron chi connectivity index (χ4n) is 2.51. The molecule has 1 aromatic heterocycles. The number of carbonyl (C=O) groups excluding carboxylic acids is 1. The van der Waals surface area contributed by atoms with E-state index < -0.39 is 0 Å². The molecule has 0 unspecified atom stereocenters. The van der Waals surface area contributed by atoms with Crippen LogP contribution in [0.3, 0.4) is 0 Å². The van der Waals surface area contributed by atoms with Crippen LogP contribution < -0.4 is 10.6 Å². The van der Waals surface area contributed by atoms with Crippen LogP contribution in [0.15, 0.2) is 5.38 Å². The van der Waals surface area contributed by atoms with Crippen molar-refractivity contribution in [3.8, 4) is 0 Å². The van der Waals surface area contributed by atoms with E-state index in [9.17, 15) is 4.79 Å². The lowest BCUT2D eigenvalue weighted by atomic mass is 9.97. The monoisotopic (exact) mass is 296 g/mol. The molecule has 0 spiro atoms. The van der Waals surface area contributed by atoms with Crippen LogP contribution in [-0.4, -0.2) is 42.0 Å². The summed E-state index contributed by atoms with van der Waals surface area (Å²) in [6, 6.07) is 0. The molecule has 1 aliphatic rings. The van der Waals surface area contributed by atoms with Gasteiger partial charge in [0.05, 0.1) is 5.69 Å². The average Bonchev–Trinajstić information content (AvgIpc) is 2.84. The molecule has 2 heterocycles. The lowest BCUT2D eigenvalue weighted by Crippen LogP contribution is -2.36. The largest absolute Gasteiger partial charge is 0.317 e. The molecule has 5 nitrogen and oxygen atoms in total. The van der Waals surface area contributed by atoms with Gasteiger partial charge in [0.2, 0.25) is 5.91 Å². The van der Waals surface area contributed by atoms with Gasteiger partial charge in [-0.3, -0.25) is 9.69 Å². The second kappa shape index (κ2) is 7.71. The van der Waals surface area contributed by atoms with Gasteiger partial charge in [-0.05, 0) is 44.9 Å². The highest BCUT2D eigenvalue weighted by Gasteiger charge is 2.19. The molecule has 0 saturated carbocycles. The number of aromatic nitrogens is 1. The minimum atomic E-state index is -0.0601. The Bertz CT molecular complexity index is 427. The molecule has 0 radical (unpaired) electrons. The van der Waals surface area contributed by atoms with Crippen molar-refractivity contribution < 1.29 is 4.79 Å². The van der Waals surface area contributed by atoms with Crippen molar-refractivity contribution in [2.24, 2.45) is 5.92 Å². The molecule has 112 valence electrons. The first-order valence-electron chi connectivity index (χ1n) is 7.32. The number of hydrogen-bond acceptors (Lipinski definition) is 5. The van der Waals surface area contributed by atoms with Crippen LogP contribution in [0.2, 0.25) is 0 Å². The lowest BCUT2D eigenvalue weighted by Gasteiger charge is -2.31. The van der Waals surface area contributed by atoms with Crippen molar-refractivity contribution in [3.05, 3.63) is 11.1 Å². The topological polar surface area (TPSA) is 57.3 Å². The summed E-state index contributed by atoms with van der Waals surface area (Å²) in [5.41, 5.74) is 1.06. The van der Waals surface area contributed by atoms with Crippen LogP contribution in [-0.2, 0) is 11.3 Å². The van der Waals surface area contributed by atoms with Crippen molar-refractivity contribution in [2.45, 2.75) is 33.2 Å². The molecule has 2 rings (SSSR count). The molecule has 1 fully saturated rings. The summed E-state index contributed by atoms with van der Waals surface area (Å²) < 4.78 is 0. The lowest BCUT2D eigenvalue weighted by molar-refractivity contribution is -0.114. The maximum absolute atomic E-state index is 11.0. The summed E-state index contributed by atoms with van der Waals surface area (Å²) in [6.07, 6.45) is 2.52. The van der Waals surface area contributed by atoms with Crippen LogP contribution in [0.1, 0.15) is 32.4 Å². The van der Waals surface area contributed by atoms with Gasteiger partial charge < -0.3 is 10.6 Å². The van der Waals surface area contributed by atoms with Gasteiger partial charge in [-0.1, -0.05) is 6.92 Å². The average molecular weight is 296 g/mol. The van der Waals surface area contributed by atoms with Gasteiger partial charge in [0.1, 0.15) is 0 Å². The van der Waals surface area contributed by atoms with E-state index in [1.165, 1.54) is 31.1 Å². The van der Waals surface area contributed by atoms with Crippen molar-refractivity contribution in [2.75, 3.05) is 31.5 Å². The number of nitrogens with zero attached hydrogens (tertiary/aromatic N) is 2. The maximum Gasteiger partial charge on any atom is 0.223 e. The summed E-state index contributed by atoms with van der Waals surface area (Å²) in [4.78, 5) is 17.9. The smallest absolute Gasteiger partial charge is 0.223 e. The Labute approximate surface area is 124 Å². The van der Waals surface area contributed by atoms with Crippen molar-refractivity contribution >= 4 is 22.4 Å². The predicted molar refractivity (Wildman–Crippen MR) is 83.0 cm³/mol. The number of amides is 1. The third-order valence-corrected chi connectivity index (χ3v) is 4.42. The van der Waals surface area contributed by atoms with Gasteiger partial charge in [0.25, 0.3) is 0 Å². The Morgan fingerprint density at radius 3 is 2.90 bits per heavy atom. The third kappa shape index (κ3) is 4.85. The highest BCUT2D eigenvalue weighted by molar-refractivity contribution is 7.13. The molecule has 0 aliphatic carbocycles. The third-order valence-electron chi connectivity index (χ3n) is 3.61. The quantitative estimate of drug-likeness (QED) is 0.842. The van der Waals surface area contributed by atoms with Crippen LogP contribution >= 0.6 is 11.3 Å². The Balaban J connectivity index is 1.75. The molecular formula is C14H24N4OS. The number of nitrogens with one attached hydrogen (secondary N) is 2. The summed E-state index contributed by atoms with van der Waals surface area (Å²) in [6.45, 7) is 9.05. The number of rotatable bonds is 6. The first kappa shape index (κ1) is 15.4. The van der Waals surface area contributed by atoms with E-state index in [0.717, 1.165) is 44.3 Å². The molecule has 1 saturated heterocycles. The zero-order valence-corrected chi connectivity index (χ0v) is 13.1. The van der Waals surface area contributed by atoms with E-state index >= 15 is 0 Å². The van der Waals surface area contributed by atoms with E-state index in [-0.39, 0.29) is 5.91 Å². The first-order chi connectivity index (χ1) is 9.67. The van der Waals surface area contributed by atoms with E-state index in [0.29, 0.717) is 5.13 Å². The molecular weight excluding hydrogens is 272 g/mol. The van der Waals surface area contributed by atoms with Crippen molar-refractivity contribution in [3.63, 3.8) is 0 Å². The molecule has 0 atom stereocenters. The number of carbonyl (C=O) groups is 1. The summed E-state index contributed by atoms with van der Waals surface area (Å²) >= 11 is 1.50. The Hall–Kier alpha value is -0.980. The van der Waals surface area contributed by atoms with Crippen LogP contribution in [0.5, 0.6) is 0 Å². The second-order valence-corrected chi connectivity index (χ2v) is 6.21. The van der Waals surface area contributed by atoms with Gasteiger partial charge in [-0.25, -0.2) is 4.98 Å². The molecule has 0 bridgehead atoms. The highest BCUT2D eigenvalue weighted by Crippen LogP contribution is 2.21. The van der Waals surface area contributed by atoms with Crippen LogP contribution in [0.4, 0.5) is 5.13 Å². The van der Waals surface area contributed by atoms with Crippen molar-refractivity contribution in [1.82, 2.24) is 15.2 Å². The molecule has 1 amide bonds. The zero-order valence-electron chi connectivity index (χ0n) is 12.3. The summed E-state index contributed by atoms with van der Waals surface area (Å²) in [7, 11) is 0. The molecule has 6 heteroatoms. The van der Waals surface area contributed by atoms with E-state index in [2.05, 4.69) is 27.4 Å². The van der Waals surface area contributed by atoms with E-state index in [4.69, 9.17) is 0 Å². The van der Waals surface area contributed by atoms with Gasteiger partial charge in [-0.15, -0.1) is 11.3 Å². The summed E-state index contributed by atoms with van der Waals surface area (Å²) in [5, 5.41) is 8.91. The van der Waals surface area contributed by atoms with Gasteiger partial charge in [0, 0.05) is 18.8 Å². The van der Waals surface area contributed by atoms with E-state index in [1.54, 1.807) is 0 Å². The highest BCUT2D eigenvalue weighted by atomic mass is 32.1. The summed E-state index contributed by atoms with van der Waals surface area (Å²) in [5.74, 6) is 0.756. The van der Waals surface area contributed by atoms with Gasteiger partial charge in [0.15, 0.2) is 5.13 Å². The Kier molecular flexibility index (Phi) is 5.94. The second-order valence-electron chi connectivity index (χ2n) is 5.35. The standard InChI is InChI=1S/C14H24N4OS/c1-3-15-8-12-4-6-18(7-5-12)9-13-10-20-14(17-13)16-11(2)19/h10,12,15H,3-9H2,1-2H3,(H,16,17,19). The van der Waals surface area contributed by atoms with Gasteiger partial charge in [-0.2, -0.15) is 0 Å². The Morgan fingerprint density at radius 1 is 1.50 bits per heavy atom. The number of likely N-dealkylation sites (tertiary alicyclic amines) is 1. The van der Waals surface area contributed by atoms with Gasteiger partial charge >= 0.3 is 0 Å². The fourth-order valence-corrected chi connectivity index (χ4v) is 3.26. The zero-order chi connectivity index (χ0) is 14.4. The number of piperidine rings is 1. The minimum absolute atomic E-state index is 0.0601. The number of anilines is 1. The predicted octanol–water partition coefficient (Wildman–Crippen LogP) is 1.92. The Morgan fingerprint density at radius 2 is 2.25 bits per heavy atom.